The number of hydrogen-bond donors (Lipinski definition) is 0. The highest BCUT2D eigenvalue weighted by molar-refractivity contribution is 6.04. The first-order chi connectivity index (χ1) is 6.85. The number of rotatable bonds is 3. The molecule has 0 saturated heterocycles. The number of nitro benzene ring substituents is 1. The minimum atomic E-state index is -0.374. The van der Waals surface area contributed by atoms with Crippen molar-refractivity contribution in [2.45, 2.75) is 19.4 Å². The molecule has 5 heteroatoms. The van der Waals surface area contributed by atoms with E-state index in [0.717, 1.165) is 16.0 Å². The van der Waals surface area contributed by atoms with E-state index in [4.69, 9.17) is 0 Å². The second-order valence-corrected chi connectivity index (χ2v) is 5.60. The van der Waals surface area contributed by atoms with Crippen LogP contribution in [0.15, 0.2) is 24.3 Å². The van der Waals surface area contributed by atoms with Crippen LogP contribution in [0, 0.1) is 10.1 Å². The highest BCUT2D eigenvalue weighted by atomic mass is 28.2. The Bertz CT molecular complexity index is 360. The Balaban J connectivity index is 3.04. The van der Waals surface area contributed by atoms with Gasteiger partial charge in [0.2, 0.25) is 0 Å². The molecule has 1 aromatic carbocycles. The van der Waals surface area contributed by atoms with E-state index in [1.807, 2.05) is 19.2 Å². The third-order valence-corrected chi connectivity index (χ3v) is 4.02. The van der Waals surface area contributed by atoms with E-state index in [1.54, 1.807) is 12.1 Å². The number of nitro groups is 1. The molecule has 0 aromatic heterocycles. The summed E-state index contributed by atoms with van der Waals surface area (Å²) in [7, 11) is 3.01. The van der Waals surface area contributed by atoms with Gasteiger partial charge in [0, 0.05) is 17.7 Å². The third-order valence-electron chi connectivity index (χ3n) is 2.90. The second kappa shape index (κ2) is 4.12. The molecule has 0 heterocycles. The maximum absolute atomic E-state index is 10.5. The van der Waals surface area contributed by atoms with Gasteiger partial charge in [0.15, 0.2) is 0 Å². The molecule has 1 rings (SSSR count). The number of non-ortho nitro benzene ring substituents is 1. The monoisotopic (exact) mass is 224 g/mol. The summed E-state index contributed by atoms with van der Waals surface area (Å²) >= 11 is 0. The smallest absolute Gasteiger partial charge is 0.269 e. The lowest BCUT2D eigenvalue weighted by Gasteiger charge is -2.33. The average Bonchev–Trinajstić information content (AvgIpc) is 2.17. The van der Waals surface area contributed by atoms with Crippen LogP contribution in [-0.2, 0) is 5.54 Å². The summed E-state index contributed by atoms with van der Waals surface area (Å²) in [6.07, 6.45) is 0. The van der Waals surface area contributed by atoms with Crippen molar-refractivity contribution in [3.8, 4) is 0 Å². The Labute approximate surface area is 92.6 Å². The van der Waals surface area contributed by atoms with Gasteiger partial charge in [-0.1, -0.05) is 12.1 Å². The van der Waals surface area contributed by atoms with Gasteiger partial charge < -0.3 is 4.57 Å². The Hall–Kier alpha value is -1.20. The normalized spacial score (nSPS) is 12.0. The summed E-state index contributed by atoms with van der Waals surface area (Å²) in [5, 5.41) is 10.5. The summed E-state index contributed by atoms with van der Waals surface area (Å²) in [5.74, 6) is 0. The predicted molar refractivity (Wildman–Crippen MR) is 63.8 cm³/mol. The fourth-order valence-electron chi connectivity index (χ4n) is 1.25. The van der Waals surface area contributed by atoms with Gasteiger partial charge in [0.1, 0.15) is 0 Å². The summed E-state index contributed by atoms with van der Waals surface area (Å²) in [4.78, 5) is 10.1. The van der Waals surface area contributed by atoms with Crippen molar-refractivity contribution in [3.05, 3.63) is 39.9 Å². The van der Waals surface area contributed by atoms with Crippen LogP contribution in [0.4, 0.5) is 5.69 Å². The summed E-state index contributed by atoms with van der Waals surface area (Å²) in [5.41, 5.74) is 1.19. The zero-order valence-corrected chi connectivity index (χ0v) is 11.5. The lowest BCUT2D eigenvalue weighted by molar-refractivity contribution is -0.384. The van der Waals surface area contributed by atoms with Crippen LogP contribution in [0.3, 0.4) is 0 Å². The van der Waals surface area contributed by atoms with Crippen LogP contribution in [0.25, 0.3) is 0 Å². The van der Waals surface area contributed by atoms with Gasteiger partial charge in [-0.05, 0) is 26.5 Å². The molecule has 0 atom stereocenters. The molecule has 0 aliphatic carbocycles. The van der Waals surface area contributed by atoms with Crippen LogP contribution in [0.1, 0.15) is 19.4 Å². The molecule has 0 amide bonds. The topological polar surface area (TPSA) is 46.4 Å². The van der Waals surface area contributed by atoms with Crippen molar-refractivity contribution in [1.29, 1.82) is 0 Å². The van der Waals surface area contributed by atoms with Gasteiger partial charge in [0.25, 0.3) is 5.69 Å². The molecule has 4 nitrogen and oxygen atoms in total. The SMILES string of the molecule is CN([SiH3])C(C)(C)c1ccc([N+](=O)[O-])cc1. The molecule has 0 unspecified atom stereocenters. The Morgan fingerprint density at radius 2 is 1.80 bits per heavy atom. The van der Waals surface area contributed by atoms with Gasteiger partial charge in [0.05, 0.1) is 15.3 Å². The van der Waals surface area contributed by atoms with Crippen molar-refractivity contribution in [2.24, 2.45) is 0 Å². The third kappa shape index (κ3) is 2.43. The van der Waals surface area contributed by atoms with E-state index in [9.17, 15) is 10.1 Å². The minimum absolute atomic E-state index is 0.0542. The van der Waals surface area contributed by atoms with Crippen molar-refractivity contribution in [3.63, 3.8) is 0 Å². The van der Waals surface area contributed by atoms with Crippen LogP contribution < -0.4 is 0 Å². The van der Waals surface area contributed by atoms with Gasteiger partial charge in [-0.3, -0.25) is 10.1 Å². The maximum Gasteiger partial charge on any atom is 0.269 e. The van der Waals surface area contributed by atoms with Gasteiger partial charge in [-0.25, -0.2) is 0 Å². The van der Waals surface area contributed by atoms with Gasteiger partial charge in [-0.2, -0.15) is 0 Å². The van der Waals surface area contributed by atoms with Crippen molar-refractivity contribution in [1.82, 2.24) is 4.57 Å². The summed E-state index contributed by atoms with van der Waals surface area (Å²) < 4.78 is 2.22. The second-order valence-electron chi connectivity index (χ2n) is 4.26. The molecule has 0 fully saturated rings. The molecular formula is C10H16N2O2Si. The zero-order valence-electron chi connectivity index (χ0n) is 9.52. The fraction of sp³-hybridized carbons (Fsp3) is 0.400. The standard InChI is InChI=1S/C10H16N2O2Si/c1-10(2,11(3)15)8-4-6-9(7-5-8)12(13)14/h4-7H,1-3,15H3. The highest BCUT2D eigenvalue weighted by Gasteiger charge is 2.22. The molecule has 0 bridgehead atoms. The average molecular weight is 224 g/mol. The number of nitrogens with zero attached hydrogens (tertiary/aromatic N) is 2. The first-order valence-corrected chi connectivity index (χ1v) is 5.67. The van der Waals surface area contributed by atoms with Crippen LogP contribution in [0.2, 0.25) is 0 Å². The molecular weight excluding hydrogens is 208 g/mol. The number of hydrogen-bond acceptors (Lipinski definition) is 3. The summed E-state index contributed by atoms with van der Waals surface area (Å²) in [6.45, 7) is 4.22. The molecule has 82 valence electrons. The molecule has 0 N–H and O–H groups in total. The van der Waals surface area contributed by atoms with Gasteiger partial charge >= 0.3 is 0 Å². The zero-order chi connectivity index (χ0) is 11.6. The first kappa shape index (κ1) is 11.9. The molecule has 0 radical (unpaired) electrons. The van der Waals surface area contributed by atoms with Crippen LogP contribution >= 0.6 is 0 Å². The molecule has 0 saturated carbocycles. The Kier molecular flexibility index (Phi) is 3.26. The Morgan fingerprint density at radius 3 is 2.13 bits per heavy atom. The van der Waals surface area contributed by atoms with Crippen LogP contribution in [-0.4, -0.2) is 26.9 Å². The maximum atomic E-state index is 10.5. The largest absolute Gasteiger partial charge is 0.327 e. The van der Waals surface area contributed by atoms with Crippen molar-refractivity contribution >= 4 is 16.1 Å². The molecule has 0 spiro atoms. The van der Waals surface area contributed by atoms with E-state index in [2.05, 4.69) is 18.4 Å². The lowest BCUT2D eigenvalue weighted by atomic mass is 9.94. The molecule has 0 aliphatic rings. The van der Waals surface area contributed by atoms with E-state index >= 15 is 0 Å². The predicted octanol–water partition coefficient (Wildman–Crippen LogP) is 1.04. The van der Waals surface area contributed by atoms with Crippen molar-refractivity contribution in [2.75, 3.05) is 7.05 Å². The van der Waals surface area contributed by atoms with E-state index in [0.29, 0.717) is 0 Å². The molecule has 15 heavy (non-hydrogen) atoms. The van der Waals surface area contributed by atoms with Crippen LogP contribution in [0.5, 0.6) is 0 Å². The molecule has 1 aromatic rings. The minimum Gasteiger partial charge on any atom is -0.327 e. The van der Waals surface area contributed by atoms with E-state index in [1.165, 1.54) is 0 Å². The molecule has 0 aliphatic heterocycles. The van der Waals surface area contributed by atoms with E-state index in [-0.39, 0.29) is 16.1 Å². The van der Waals surface area contributed by atoms with E-state index < -0.39 is 0 Å². The van der Waals surface area contributed by atoms with Crippen molar-refractivity contribution < 1.29 is 4.92 Å². The number of benzene rings is 1. The summed E-state index contributed by atoms with van der Waals surface area (Å²) in [6, 6.07) is 6.77. The highest BCUT2D eigenvalue weighted by Crippen LogP contribution is 2.26. The lowest BCUT2D eigenvalue weighted by Crippen LogP contribution is -2.36. The quantitative estimate of drug-likeness (QED) is 0.438. The van der Waals surface area contributed by atoms with Gasteiger partial charge in [-0.15, -0.1) is 0 Å². The first-order valence-electron chi connectivity index (χ1n) is 4.78. The Morgan fingerprint density at radius 1 is 1.33 bits per heavy atom. The fourth-order valence-corrected chi connectivity index (χ4v) is 1.51.